The largest absolute Gasteiger partial charge is 0.487 e. The van der Waals surface area contributed by atoms with E-state index in [-0.39, 0.29) is 37.5 Å². The summed E-state index contributed by atoms with van der Waals surface area (Å²) in [5.74, 6) is -2.24. The van der Waals surface area contributed by atoms with Crippen molar-refractivity contribution in [2.45, 2.75) is 40.9 Å². The fourth-order valence-electron chi connectivity index (χ4n) is 5.03. The monoisotopic (exact) mass is 535 g/mol. The first kappa shape index (κ1) is 25.3. The normalized spacial score (nSPS) is 24.7. The van der Waals surface area contributed by atoms with Gasteiger partial charge >= 0.3 is 0 Å². The van der Waals surface area contributed by atoms with E-state index >= 15 is 4.39 Å². The lowest BCUT2D eigenvalue weighted by Gasteiger charge is -2.54. The number of benzene rings is 2. The Labute approximate surface area is 202 Å². The minimum absolute atomic E-state index is 0.0335. The number of sulfone groups is 1. The van der Waals surface area contributed by atoms with Crippen molar-refractivity contribution in [3.63, 3.8) is 0 Å². The molecule has 1 heterocycles. The number of hydrogen-bond acceptors (Lipinski definition) is 6. The first-order valence-electron chi connectivity index (χ1n) is 10.6. The Kier molecular flexibility index (Phi) is 6.71. The minimum Gasteiger partial charge on any atom is -0.487 e. The van der Waals surface area contributed by atoms with Gasteiger partial charge in [-0.05, 0) is 49.2 Å². The third-order valence-electron chi connectivity index (χ3n) is 6.44. The molecule has 1 aliphatic heterocycles. The predicted molar refractivity (Wildman–Crippen MR) is 122 cm³/mol. The summed E-state index contributed by atoms with van der Waals surface area (Å²) >= 11 is 5.95. The van der Waals surface area contributed by atoms with Crippen LogP contribution in [0, 0.1) is 11.6 Å². The molecule has 0 bridgehead atoms. The number of halogens is 3. The molecule has 1 fully saturated rings. The molecule has 4 rings (SSSR count). The topological polar surface area (TPSA) is 98.8 Å². The van der Waals surface area contributed by atoms with Crippen LogP contribution in [0.3, 0.4) is 0 Å². The average Bonchev–Trinajstić information content (AvgIpc) is 2.78. The third-order valence-corrected chi connectivity index (χ3v) is 10.0. The fourth-order valence-corrected chi connectivity index (χ4v) is 8.09. The summed E-state index contributed by atoms with van der Waals surface area (Å²) in [6.45, 7) is -0.664. The molecule has 12 heteroatoms. The Morgan fingerprint density at radius 1 is 1.03 bits per heavy atom. The zero-order valence-electron chi connectivity index (χ0n) is 18.3. The van der Waals surface area contributed by atoms with E-state index < -0.39 is 53.2 Å². The summed E-state index contributed by atoms with van der Waals surface area (Å²) in [7, 11) is -7.90. The molecular formula is C22H24ClF2NO6S2. The molecule has 34 heavy (non-hydrogen) atoms. The van der Waals surface area contributed by atoms with Crippen molar-refractivity contribution in [3.05, 3.63) is 58.6 Å². The fraction of sp³-hybridized carbons (Fsp3) is 0.455. The molecule has 0 radical (unpaired) electrons. The van der Waals surface area contributed by atoms with E-state index in [1.807, 2.05) is 0 Å². The molecule has 2 aromatic rings. The highest BCUT2D eigenvalue weighted by Crippen LogP contribution is 2.59. The van der Waals surface area contributed by atoms with Gasteiger partial charge in [0, 0.05) is 11.6 Å². The van der Waals surface area contributed by atoms with Crippen LogP contribution in [0.4, 0.5) is 8.78 Å². The summed E-state index contributed by atoms with van der Waals surface area (Å²) < 4.78 is 93.7. The van der Waals surface area contributed by atoms with Crippen LogP contribution in [0.1, 0.15) is 31.2 Å². The standard InChI is InChI=1S/C22H24ClF2NO6S2/c1-33(27,28)26-12-13-32-21-10-2-3-11-22(21,34(29,30)16-6-4-15(23)5-7-16)19-17(24)8-9-18(25)20(19)31-14-21/h4-9,26H,2-3,10-14H2,1H3/t21-,22+/m0/s1. The number of rotatable bonds is 7. The number of sulfonamides is 1. The Morgan fingerprint density at radius 3 is 2.35 bits per heavy atom. The van der Waals surface area contributed by atoms with Gasteiger partial charge in [-0.2, -0.15) is 0 Å². The van der Waals surface area contributed by atoms with E-state index in [1.165, 1.54) is 24.3 Å². The molecule has 2 atom stereocenters. The summed E-state index contributed by atoms with van der Waals surface area (Å²) in [4.78, 5) is -0.113. The zero-order valence-corrected chi connectivity index (χ0v) is 20.7. The zero-order chi connectivity index (χ0) is 24.8. The first-order chi connectivity index (χ1) is 15.9. The maximum absolute atomic E-state index is 15.4. The molecule has 0 aromatic heterocycles. The molecule has 186 valence electrons. The molecule has 0 saturated heterocycles. The van der Waals surface area contributed by atoms with Crippen LogP contribution in [0.25, 0.3) is 0 Å². The van der Waals surface area contributed by atoms with Crippen LogP contribution in [0.2, 0.25) is 5.02 Å². The highest BCUT2D eigenvalue weighted by atomic mass is 35.5. The van der Waals surface area contributed by atoms with E-state index in [0.29, 0.717) is 17.9 Å². The highest BCUT2D eigenvalue weighted by Gasteiger charge is 2.67. The van der Waals surface area contributed by atoms with E-state index in [2.05, 4.69) is 4.72 Å². The van der Waals surface area contributed by atoms with E-state index in [0.717, 1.165) is 18.4 Å². The van der Waals surface area contributed by atoms with Gasteiger partial charge in [-0.25, -0.2) is 30.3 Å². The van der Waals surface area contributed by atoms with Crippen molar-refractivity contribution in [1.82, 2.24) is 4.72 Å². The summed E-state index contributed by atoms with van der Waals surface area (Å²) in [6.07, 6.45) is 2.13. The highest BCUT2D eigenvalue weighted by molar-refractivity contribution is 7.92. The lowest BCUT2D eigenvalue weighted by Crippen LogP contribution is -2.65. The van der Waals surface area contributed by atoms with Crippen molar-refractivity contribution in [2.75, 3.05) is 26.0 Å². The molecule has 1 N–H and O–H groups in total. The molecule has 1 saturated carbocycles. The van der Waals surface area contributed by atoms with Gasteiger partial charge in [0.2, 0.25) is 10.0 Å². The van der Waals surface area contributed by atoms with Crippen molar-refractivity contribution in [1.29, 1.82) is 0 Å². The SMILES string of the molecule is CS(=O)(=O)NCCO[C@]12CCCC[C@@]1(S(=O)(=O)c1ccc(Cl)cc1)c1c(F)ccc(F)c1OC2. The van der Waals surface area contributed by atoms with Gasteiger partial charge in [0.15, 0.2) is 21.4 Å². The van der Waals surface area contributed by atoms with E-state index in [9.17, 15) is 21.2 Å². The van der Waals surface area contributed by atoms with Gasteiger partial charge in [-0.15, -0.1) is 0 Å². The maximum Gasteiger partial charge on any atom is 0.208 e. The molecular weight excluding hydrogens is 512 g/mol. The number of nitrogens with one attached hydrogen (secondary N) is 1. The van der Waals surface area contributed by atoms with Crippen LogP contribution in [-0.2, 0) is 29.3 Å². The van der Waals surface area contributed by atoms with Crippen molar-refractivity contribution in [2.24, 2.45) is 0 Å². The predicted octanol–water partition coefficient (Wildman–Crippen LogP) is 3.56. The lowest BCUT2D eigenvalue weighted by atomic mass is 9.69. The van der Waals surface area contributed by atoms with Gasteiger partial charge < -0.3 is 9.47 Å². The molecule has 0 spiro atoms. The molecule has 2 aliphatic rings. The maximum atomic E-state index is 15.4. The first-order valence-corrected chi connectivity index (χ1v) is 14.4. The molecule has 0 unspecified atom stereocenters. The van der Waals surface area contributed by atoms with Crippen LogP contribution >= 0.6 is 11.6 Å². The van der Waals surface area contributed by atoms with Crippen LogP contribution < -0.4 is 9.46 Å². The number of ether oxygens (including phenoxy) is 2. The number of hydrogen-bond donors (Lipinski definition) is 1. The van der Waals surface area contributed by atoms with Gasteiger partial charge in [0.25, 0.3) is 0 Å². The smallest absolute Gasteiger partial charge is 0.208 e. The molecule has 1 aliphatic carbocycles. The second kappa shape index (κ2) is 9.02. The third kappa shape index (κ3) is 4.11. The summed E-state index contributed by atoms with van der Waals surface area (Å²) in [6, 6.07) is 7.24. The van der Waals surface area contributed by atoms with E-state index in [1.54, 1.807) is 0 Å². The van der Waals surface area contributed by atoms with Gasteiger partial charge in [0.05, 0.1) is 23.3 Å². The van der Waals surface area contributed by atoms with Crippen molar-refractivity contribution < 1.29 is 35.1 Å². The average molecular weight is 536 g/mol. The molecule has 7 nitrogen and oxygen atoms in total. The van der Waals surface area contributed by atoms with Gasteiger partial charge in [-0.1, -0.05) is 24.4 Å². The van der Waals surface area contributed by atoms with Crippen molar-refractivity contribution >= 4 is 31.5 Å². The molecule has 0 amide bonds. The summed E-state index contributed by atoms with van der Waals surface area (Å²) in [5, 5.41) is 0.319. The lowest BCUT2D eigenvalue weighted by molar-refractivity contribution is -0.131. The number of fused-ring (bicyclic) bond motifs is 3. The second-order valence-corrected chi connectivity index (χ2v) is 13.0. The minimum atomic E-state index is -4.39. The Balaban J connectivity index is 1.93. The van der Waals surface area contributed by atoms with E-state index in [4.69, 9.17) is 21.1 Å². The van der Waals surface area contributed by atoms with Crippen LogP contribution in [0.15, 0.2) is 41.3 Å². The van der Waals surface area contributed by atoms with Crippen molar-refractivity contribution in [3.8, 4) is 5.75 Å². The van der Waals surface area contributed by atoms with Gasteiger partial charge in [-0.3, -0.25) is 0 Å². The Morgan fingerprint density at radius 2 is 1.68 bits per heavy atom. The summed E-state index contributed by atoms with van der Waals surface area (Å²) in [5.41, 5.74) is -1.98. The van der Waals surface area contributed by atoms with Gasteiger partial charge in [0.1, 0.15) is 22.8 Å². The Bertz CT molecular complexity index is 1300. The van der Waals surface area contributed by atoms with Crippen LogP contribution in [-0.4, -0.2) is 48.5 Å². The van der Waals surface area contributed by atoms with Crippen LogP contribution in [0.5, 0.6) is 5.75 Å². The second-order valence-electron chi connectivity index (χ2n) is 8.52. The Hall–Kier alpha value is -1.79. The molecule has 2 aromatic carbocycles. The quantitative estimate of drug-likeness (QED) is 0.544.